The third-order valence-electron chi connectivity index (χ3n) is 2.70. The molecule has 4 heteroatoms. The summed E-state index contributed by atoms with van der Waals surface area (Å²) in [4.78, 5) is 13.3. The van der Waals surface area contributed by atoms with Crippen LogP contribution >= 0.6 is 0 Å². The monoisotopic (exact) mass is 223 g/mol. The zero-order valence-corrected chi connectivity index (χ0v) is 9.52. The van der Waals surface area contributed by atoms with E-state index in [9.17, 15) is 4.79 Å². The summed E-state index contributed by atoms with van der Waals surface area (Å²) in [7, 11) is 1.76. The molecule has 0 radical (unpaired) electrons. The lowest BCUT2D eigenvalue weighted by Crippen LogP contribution is -2.30. The van der Waals surface area contributed by atoms with Crippen LogP contribution in [-0.2, 0) is 4.74 Å². The number of ether oxygens (including phenoxy) is 1. The Balaban J connectivity index is 1.66. The van der Waals surface area contributed by atoms with E-state index in [1.165, 1.54) is 19.1 Å². The van der Waals surface area contributed by atoms with Crippen molar-refractivity contribution in [1.82, 2.24) is 4.90 Å². The predicted molar refractivity (Wildman–Crippen MR) is 59.2 cm³/mol. The van der Waals surface area contributed by atoms with Crippen LogP contribution in [-0.4, -0.2) is 37.6 Å². The largest absolute Gasteiger partial charge is 0.459 e. The minimum Gasteiger partial charge on any atom is -0.459 e. The molecule has 0 bridgehead atoms. The van der Waals surface area contributed by atoms with Gasteiger partial charge in [-0.2, -0.15) is 0 Å². The Morgan fingerprint density at radius 3 is 3.06 bits per heavy atom. The van der Waals surface area contributed by atoms with Crippen LogP contribution in [0.15, 0.2) is 22.8 Å². The number of carbonyl (C=O) groups excluding carboxylic acids is 1. The molecule has 0 spiro atoms. The molecular formula is C12H17NO3. The van der Waals surface area contributed by atoms with Gasteiger partial charge in [-0.1, -0.05) is 0 Å². The van der Waals surface area contributed by atoms with Gasteiger partial charge in [-0.3, -0.25) is 4.79 Å². The van der Waals surface area contributed by atoms with E-state index in [0.717, 1.165) is 12.5 Å². The van der Waals surface area contributed by atoms with E-state index in [2.05, 4.69) is 0 Å². The van der Waals surface area contributed by atoms with Crippen LogP contribution in [0.3, 0.4) is 0 Å². The number of hydrogen-bond acceptors (Lipinski definition) is 3. The topological polar surface area (TPSA) is 42.7 Å². The fourth-order valence-corrected chi connectivity index (χ4v) is 1.43. The van der Waals surface area contributed by atoms with Crippen molar-refractivity contribution >= 4 is 5.91 Å². The number of nitrogens with zero attached hydrogens (tertiary/aromatic N) is 1. The fraction of sp³-hybridized carbons (Fsp3) is 0.583. The molecular weight excluding hydrogens is 206 g/mol. The average Bonchev–Trinajstić information content (AvgIpc) is 2.95. The molecule has 16 heavy (non-hydrogen) atoms. The first-order valence-corrected chi connectivity index (χ1v) is 5.64. The van der Waals surface area contributed by atoms with Crippen molar-refractivity contribution in [2.24, 2.45) is 5.92 Å². The molecule has 88 valence electrons. The molecule has 1 aromatic rings. The van der Waals surface area contributed by atoms with E-state index in [1.807, 2.05) is 0 Å². The Morgan fingerprint density at radius 2 is 2.44 bits per heavy atom. The quantitative estimate of drug-likeness (QED) is 0.690. The molecule has 0 saturated heterocycles. The molecule has 4 nitrogen and oxygen atoms in total. The van der Waals surface area contributed by atoms with Crippen LogP contribution in [0.1, 0.15) is 23.4 Å². The van der Waals surface area contributed by atoms with Gasteiger partial charge in [-0.15, -0.1) is 0 Å². The Kier molecular flexibility index (Phi) is 3.62. The molecule has 1 aliphatic carbocycles. The zero-order chi connectivity index (χ0) is 11.4. The fourth-order valence-electron chi connectivity index (χ4n) is 1.43. The van der Waals surface area contributed by atoms with Crippen molar-refractivity contribution in [2.45, 2.75) is 12.8 Å². The highest BCUT2D eigenvalue weighted by Crippen LogP contribution is 2.28. The summed E-state index contributed by atoms with van der Waals surface area (Å²) in [5.74, 6) is 1.05. The van der Waals surface area contributed by atoms with E-state index >= 15 is 0 Å². The Bertz CT molecular complexity index is 330. The van der Waals surface area contributed by atoms with Gasteiger partial charge in [0.1, 0.15) is 0 Å². The van der Waals surface area contributed by atoms with Gasteiger partial charge in [-0.05, 0) is 30.9 Å². The van der Waals surface area contributed by atoms with Crippen molar-refractivity contribution in [1.29, 1.82) is 0 Å². The molecule has 0 N–H and O–H groups in total. The number of likely N-dealkylation sites (N-methyl/N-ethyl adjacent to an activating group) is 1. The molecule has 2 rings (SSSR count). The Hall–Kier alpha value is -1.29. The second-order valence-electron chi connectivity index (χ2n) is 4.22. The second kappa shape index (κ2) is 5.16. The lowest BCUT2D eigenvalue weighted by atomic mass is 10.4. The lowest BCUT2D eigenvalue weighted by Gasteiger charge is -2.15. The first kappa shape index (κ1) is 11.2. The van der Waals surface area contributed by atoms with Crippen LogP contribution in [0.2, 0.25) is 0 Å². The van der Waals surface area contributed by atoms with Crippen molar-refractivity contribution in [3.8, 4) is 0 Å². The molecule has 0 aromatic carbocycles. The number of carbonyl (C=O) groups is 1. The van der Waals surface area contributed by atoms with Gasteiger partial charge in [0, 0.05) is 20.2 Å². The predicted octanol–water partition coefficient (Wildman–Crippen LogP) is 1.78. The van der Waals surface area contributed by atoms with Crippen LogP contribution in [0.4, 0.5) is 0 Å². The number of hydrogen-bond donors (Lipinski definition) is 0. The third-order valence-corrected chi connectivity index (χ3v) is 2.70. The smallest absolute Gasteiger partial charge is 0.289 e. The van der Waals surface area contributed by atoms with E-state index in [4.69, 9.17) is 9.15 Å². The highest BCUT2D eigenvalue weighted by atomic mass is 16.5. The summed E-state index contributed by atoms with van der Waals surface area (Å²) >= 11 is 0. The first-order chi connectivity index (χ1) is 7.77. The minimum absolute atomic E-state index is 0.0972. The SMILES string of the molecule is CN(CCOCC1CC1)C(=O)c1ccco1. The average molecular weight is 223 g/mol. The molecule has 1 amide bonds. The molecule has 1 fully saturated rings. The van der Waals surface area contributed by atoms with Crippen LogP contribution in [0.25, 0.3) is 0 Å². The molecule has 1 aliphatic rings. The molecule has 1 heterocycles. The highest BCUT2D eigenvalue weighted by molar-refractivity contribution is 5.91. The Labute approximate surface area is 95.2 Å². The first-order valence-electron chi connectivity index (χ1n) is 5.64. The van der Waals surface area contributed by atoms with Crippen LogP contribution in [0, 0.1) is 5.92 Å². The summed E-state index contributed by atoms with van der Waals surface area (Å²) in [5, 5.41) is 0. The standard InChI is InChI=1S/C12H17NO3/c1-13(6-8-15-9-10-4-5-10)12(14)11-3-2-7-16-11/h2-3,7,10H,4-6,8-9H2,1H3. The summed E-state index contributed by atoms with van der Waals surface area (Å²) in [6, 6.07) is 3.38. The van der Waals surface area contributed by atoms with Gasteiger partial charge < -0.3 is 14.1 Å². The summed E-state index contributed by atoms with van der Waals surface area (Å²) in [6.45, 7) is 2.04. The maximum Gasteiger partial charge on any atom is 0.289 e. The lowest BCUT2D eigenvalue weighted by molar-refractivity contribution is 0.0654. The molecule has 0 atom stereocenters. The third kappa shape index (κ3) is 3.10. The maximum atomic E-state index is 11.7. The van der Waals surface area contributed by atoms with Gasteiger partial charge >= 0.3 is 0 Å². The molecule has 1 aromatic heterocycles. The van der Waals surface area contributed by atoms with Gasteiger partial charge in [0.2, 0.25) is 0 Å². The van der Waals surface area contributed by atoms with Crippen LogP contribution < -0.4 is 0 Å². The number of amides is 1. The van der Waals surface area contributed by atoms with Crippen molar-refractivity contribution < 1.29 is 13.9 Å². The normalized spacial score (nSPS) is 15.1. The van der Waals surface area contributed by atoms with Crippen molar-refractivity contribution in [3.05, 3.63) is 24.2 Å². The summed E-state index contributed by atoms with van der Waals surface area (Å²) < 4.78 is 10.5. The van der Waals surface area contributed by atoms with E-state index in [-0.39, 0.29) is 5.91 Å². The number of rotatable bonds is 6. The zero-order valence-electron chi connectivity index (χ0n) is 9.52. The van der Waals surface area contributed by atoms with Gasteiger partial charge in [0.25, 0.3) is 5.91 Å². The van der Waals surface area contributed by atoms with Gasteiger partial charge in [0.05, 0.1) is 12.9 Å². The number of furan rings is 1. The van der Waals surface area contributed by atoms with E-state index in [0.29, 0.717) is 18.9 Å². The minimum atomic E-state index is -0.0972. The summed E-state index contributed by atoms with van der Waals surface area (Å²) in [6.07, 6.45) is 4.09. The Morgan fingerprint density at radius 1 is 1.62 bits per heavy atom. The van der Waals surface area contributed by atoms with E-state index in [1.54, 1.807) is 24.1 Å². The van der Waals surface area contributed by atoms with E-state index < -0.39 is 0 Å². The van der Waals surface area contributed by atoms with Crippen LogP contribution in [0.5, 0.6) is 0 Å². The maximum absolute atomic E-state index is 11.7. The van der Waals surface area contributed by atoms with Gasteiger partial charge in [-0.25, -0.2) is 0 Å². The van der Waals surface area contributed by atoms with Crippen molar-refractivity contribution in [2.75, 3.05) is 26.8 Å². The second-order valence-corrected chi connectivity index (χ2v) is 4.22. The molecule has 0 unspecified atom stereocenters. The highest BCUT2D eigenvalue weighted by Gasteiger charge is 2.21. The molecule has 1 saturated carbocycles. The van der Waals surface area contributed by atoms with Crippen molar-refractivity contribution in [3.63, 3.8) is 0 Å². The molecule has 0 aliphatic heterocycles. The summed E-state index contributed by atoms with van der Waals surface area (Å²) in [5.41, 5.74) is 0. The van der Waals surface area contributed by atoms with Gasteiger partial charge in [0.15, 0.2) is 5.76 Å².